The van der Waals surface area contributed by atoms with E-state index in [0.29, 0.717) is 18.9 Å². The Morgan fingerprint density at radius 3 is 2.62 bits per heavy atom. The second-order valence-corrected chi connectivity index (χ2v) is 5.81. The van der Waals surface area contributed by atoms with Gasteiger partial charge in [-0.25, -0.2) is 13.5 Å². The van der Waals surface area contributed by atoms with E-state index < -0.39 is 0 Å². The second kappa shape index (κ2) is 6.09. The number of fused-ring (bicyclic) bond motifs is 1. The van der Waals surface area contributed by atoms with Crippen molar-refractivity contribution < 1.29 is 8.78 Å². The van der Waals surface area contributed by atoms with Gasteiger partial charge in [-0.1, -0.05) is 24.3 Å². The van der Waals surface area contributed by atoms with Crippen LogP contribution in [0.15, 0.2) is 48.5 Å². The summed E-state index contributed by atoms with van der Waals surface area (Å²) in [6.07, 6.45) is 0. The fourth-order valence-electron chi connectivity index (χ4n) is 3.11. The first-order valence-corrected chi connectivity index (χ1v) is 7.71. The highest BCUT2D eigenvalue weighted by Gasteiger charge is 2.32. The van der Waals surface area contributed by atoms with E-state index in [4.69, 9.17) is 0 Å². The van der Waals surface area contributed by atoms with Crippen molar-refractivity contribution in [2.24, 2.45) is 0 Å². The van der Waals surface area contributed by atoms with Crippen LogP contribution in [0, 0.1) is 11.6 Å². The third kappa shape index (κ3) is 2.78. The van der Waals surface area contributed by atoms with E-state index in [-0.39, 0.29) is 17.7 Å². The zero-order valence-electron chi connectivity index (χ0n) is 12.8. The average Bonchev–Trinajstić information content (AvgIpc) is 3.05. The summed E-state index contributed by atoms with van der Waals surface area (Å²) < 4.78 is 28.6. The molecule has 0 amide bonds. The topological polar surface area (TPSA) is 46.8 Å². The molecule has 5 nitrogen and oxygen atoms in total. The van der Waals surface area contributed by atoms with E-state index in [9.17, 15) is 8.78 Å². The van der Waals surface area contributed by atoms with Crippen molar-refractivity contribution in [1.29, 1.82) is 0 Å². The first-order valence-electron chi connectivity index (χ1n) is 7.71. The van der Waals surface area contributed by atoms with Crippen molar-refractivity contribution in [3.8, 4) is 0 Å². The Balaban J connectivity index is 1.71. The maximum Gasteiger partial charge on any atom is 0.173 e. The van der Waals surface area contributed by atoms with Crippen molar-refractivity contribution in [3.05, 3.63) is 77.1 Å². The molecule has 1 aliphatic rings. The van der Waals surface area contributed by atoms with Gasteiger partial charge in [0.1, 0.15) is 11.6 Å². The predicted molar refractivity (Wildman–Crippen MR) is 82.9 cm³/mol. The standard InChI is InChI=1S/C17H15F2N5/c18-14-6-4-12(5-7-14)11-23-8-9-24-17(20-21-22-24)16(23)13-2-1-3-15(19)10-13/h1-7,10,16H,8-9,11H2. The quantitative estimate of drug-likeness (QED) is 0.742. The summed E-state index contributed by atoms with van der Waals surface area (Å²) >= 11 is 0. The number of aromatic nitrogens is 4. The third-order valence-electron chi connectivity index (χ3n) is 4.23. The Labute approximate surface area is 137 Å². The summed E-state index contributed by atoms with van der Waals surface area (Å²) in [6, 6.07) is 12.6. The minimum atomic E-state index is -0.293. The predicted octanol–water partition coefficient (Wildman–Crippen LogP) is 2.56. The number of hydrogen-bond donors (Lipinski definition) is 0. The van der Waals surface area contributed by atoms with Crippen LogP contribution in [0.25, 0.3) is 0 Å². The van der Waals surface area contributed by atoms with Gasteiger partial charge < -0.3 is 0 Å². The van der Waals surface area contributed by atoms with Crippen LogP contribution in [0.3, 0.4) is 0 Å². The summed E-state index contributed by atoms with van der Waals surface area (Å²) in [5, 5.41) is 11.9. The number of halogens is 2. The van der Waals surface area contributed by atoms with Gasteiger partial charge in [0.25, 0.3) is 0 Å². The molecule has 122 valence electrons. The number of tetrazole rings is 1. The molecule has 0 saturated heterocycles. The maximum absolute atomic E-state index is 13.7. The maximum atomic E-state index is 13.7. The van der Waals surface area contributed by atoms with E-state index in [1.54, 1.807) is 22.9 Å². The van der Waals surface area contributed by atoms with Gasteiger partial charge in [-0.2, -0.15) is 0 Å². The smallest absolute Gasteiger partial charge is 0.173 e. The fourth-order valence-corrected chi connectivity index (χ4v) is 3.11. The van der Waals surface area contributed by atoms with Crippen LogP contribution in [0.4, 0.5) is 8.78 Å². The molecule has 4 rings (SSSR count). The van der Waals surface area contributed by atoms with Crippen molar-refractivity contribution in [3.63, 3.8) is 0 Å². The van der Waals surface area contributed by atoms with Crippen molar-refractivity contribution >= 4 is 0 Å². The molecule has 0 N–H and O–H groups in total. The Hall–Kier alpha value is -2.67. The zero-order chi connectivity index (χ0) is 16.5. The lowest BCUT2D eigenvalue weighted by Crippen LogP contribution is -2.39. The highest BCUT2D eigenvalue weighted by Crippen LogP contribution is 2.31. The van der Waals surface area contributed by atoms with E-state index in [2.05, 4.69) is 20.4 Å². The van der Waals surface area contributed by atoms with Gasteiger partial charge in [0, 0.05) is 13.1 Å². The molecule has 1 aliphatic heterocycles. The van der Waals surface area contributed by atoms with Gasteiger partial charge in [-0.05, 0) is 45.8 Å². The number of nitrogens with zero attached hydrogens (tertiary/aromatic N) is 5. The normalized spacial score (nSPS) is 17.7. The van der Waals surface area contributed by atoms with Crippen LogP contribution in [-0.4, -0.2) is 31.7 Å². The Morgan fingerprint density at radius 1 is 1.00 bits per heavy atom. The fraction of sp³-hybridized carbons (Fsp3) is 0.235. The first-order chi connectivity index (χ1) is 11.7. The van der Waals surface area contributed by atoms with E-state index in [1.807, 2.05) is 6.07 Å². The van der Waals surface area contributed by atoms with Crippen LogP contribution >= 0.6 is 0 Å². The highest BCUT2D eigenvalue weighted by atomic mass is 19.1. The Kier molecular flexibility index (Phi) is 3.78. The number of rotatable bonds is 3. The van der Waals surface area contributed by atoms with E-state index in [1.165, 1.54) is 24.3 Å². The molecule has 0 radical (unpaired) electrons. The van der Waals surface area contributed by atoms with Crippen molar-refractivity contribution in [2.45, 2.75) is 19.1 Å². The van der Waals surface area contributed by atoms with Gasteiger partial charge in [0.05, 0.1) is 12.6 Å². The van der Waals surface area contributed by atoms with Gasteiger partial charge in [-0.15, -0.1) is 5.10 Å². The first kappa shape index (κ1) is 14.9. The molecular formula is C17H15F2N5. The lowest BCUT2D eigenvalue weighted by molar-refractivity contribution is 0.163. The molecule has 2 aromatic carbocycles. The van der Waals surface area contributed by atoms with Crippen molar-refractivity contribution in [1.82, 2.24) is 25.1 Å². The molecule has 3 aromatic rings. The monoisotopic (exact) mass is 327 g/mol. The molecular weight excluding hydrogens is 312 g/mol. The summed E-state index contributed by atoms with van der Waals surface area (Å²) in [5.41, 5.74) is 1.78. The molecule has 7 heteroatoms. The summed E-state index contributed by atoms with van der Waals surface area (Å²) in [6.45, 7) is 1.99. The summed E-state index contributed by atoms with van der Waals surface area (Å²) in [5.74, 6) is 0.135. The molecule has 0 aliphatic carbocycles. The summed E-state index contributed by atoms with van der Waals surface area (Å²) in [7, 11) is 0. The molecule has 24 heavy (non-hydrogen) atoms. The average molecular weight is 327 g/mol. The van der Waals surface area contributed by atoms with Gasteiger partial charge in [-0.3, -0.25) is 4.90 Å². The highest BCUT2D eigenvalue weighted by molar-refractivity contribution is 5.27. The van der Waals surface area contributed by atoms with Gasteiger partial charge in [0.2, 0.25) is 0 Å². The molecule has 0 fully saturated rings. The van der Waals surface area contributed by atoms with E-state index >= 15 is 0 Å². The van der Waals surface area contributed by atoms with Crippen LogP contribution in [0.2, 0.25) is 0 Å². The second-order valence-electron chi connectivity index (χ2n) is 5.81. The minimum Gasteiger partial charge on any atom is -0.284 e. The minimum absolute atomic E-state index is 0.241. The van der Waals surface area contributed by atoms with Crippen LogP contribution in [0.5, 0.6) is 0 Å². The molecule has 0 saturated carbocycles. The van der Waals surface area contributed by atoms with Gasteiger partial charge >= 0.3 is 0 Å². The molecule has 1 atom stereocenters. The largest absolute Gasteiger partial charge is 0.284 e. The van der Waals surface area contributed by atoms with Crippen molar-refractivity contribution in [2.75, 3.05) is 6.54 Å². The number of hydrogen-bond acceptors (Lipinski definition) is 4. The lowest BCUT2D eigenvalue weighted by Gasteiger charge is -2.34. The molecule has 1 aromatic heterocycles. The van der Waals surface area contributed by atoms with Gasteiger partial charge in [0.15, 0.2) is 5.82 Å². The molecule has 0 bridgehead atoms. The third-order valence-corrected chi connectivity index (χ3v) is 4.23. The Morgan fingerprint density at radius 2 is 1.83 bits per heavy atom. The molecule has 2 heterocycles. The Bertz CT molecular complexity index is 846. The lowest BCUT2D eigenvalue weighted by atomic mass is 10.0. The van der Waals surface area contributed by atoms with Crippen LogP contribution in [0.1, 0.15) is 23.0 Å². The number of benzene rings is 2. The summed E-state index contributed by atoms with van der Waals surface area (Å²) in [4.78, 5) is 2.17. The zero-order valence-corrected chi connectivity index (χ0v) is 12.8. The SMILES string of the molecule is Fc1ccc(CN2CCn3nnnc3C2c2cccc(F)c2)cc1. The van der Waals surface area contributed by atoms with Crippen LogP contribution < -0.4 is 0 Å². The molecule has 1 unspecified atom stereocenters. The molecule has 0 spiro atoms. The van der Waals surface area contributed by atoms with E-state index in [0.717, 1.165) is 17.7 Å². The van der Waals surface area contributed by atoms with Crippen LogP contribution in [-0.2, 0) is 13.1 Å².